The van der Waals surface area contributed by atoms with Crippen molar-refractivity contribution in [2.75, 3.05) is 6.54 Å². The van der Waals surface area contributed by atoms with E-state index < -0.39 is 5.92 Å². The van der Waals surface area contributed by atoms with Crippen LogP contribution >= 0.6 is 0 Å². The van der Waals surface area contributed by atoms with Gasteiger partial charge in [-0.1, -0.05) is 13.0 Å². The van der Waals surface area contributed by atoms with Crippen LogP contribution in [0.5, 0.6) is 0 Å². The minimum absolute atomic E-state index is 0.0295. The monoisotopic (exact) mass is 254 g/mol. The van der Waals surface area contributed by atoms with Crippen molar-refractivity contribution in [2.24, 2.45) is 5.92 Å². The number of rotatable bonds is 5. The molecule has 1 aromatic heterocycles. The van der Waals surface area contributed by atoms with E-state index in [1.54, 1.807) is 6.20 Å². The Labute approximate surface area is 107 Å². The van der Waals surface area contributed by atoms with Crippen LogP contribution in [-0.4, -0.2) is 17.5 Å². The molecule has 1 aliphatic rings. The summed E-state index contributed by atoms with van der Waals surface area (Å²) in [6, 6.07) is 5.86. The summed E-state index contributed by atoms with van der Waals surface area (Å²) in [5.41, 5.74) is 0.953. The third-order valence-electron chi connectivity index (χ3n) is 3.57. The summed E-state index contributed by atoms with van der Waals surface area (Å²) in [4.78, 5) is 4.33. The molecule has 1 heterocycles. The summed E-state index contributed by atoms with van der Waals surface area (Å²) in [5, 5.41) is 3.35. The van der Waals surface area contributed by atoms with Gasteiger partial charge in [0.25, 0.3) is 0 Å². The van der Waals surface area contributed by atoms with Crippen LogP contribution < -0.4 is 5.32 Å². The molecule has 2 unspecified atom stereocenters. The van der Waals surface area contributed by atoms with Crippen molar-refractivity contribution >= 4 is 0 Å². The van der Waals surface area contributed by atoms with E-state index in [0.717, 1.165) is 18.7 Å². The second-order valence-electron chi connectivity index (χ2n) is 5.07. The average molecular weight is 254 g/mol. The summed E-state index contributed by atoms with van der Waals surface area (Å²) in [7, 11) is 0. The molecule has 1 aliphatic carbocycles. The Bertz CT molecular complexity index is 367. The normalized spacial score (nSPS) is 24.1. The van der Waals surface area contributed by atoms with Gasteiger partial charge in [0, 0.05) is 25.1 Å². The molecular formula is C14H20F2N2. The quantitative estimate of drug-likeness (QED) is 0.869. The van der Waals surface area contributed by atoms with E-state index in [4.69, 9.17) is 0 Å². The van der Waals surface area contributed by atoms with Crippen molar-refractivity contribution in [3.8, 4) is 0 Å². The highest BCUT2D eigenvalue weighted by Crippen LogP contribution is 2.42. The summed E-state index contributed by atoms with van der Waals surface area (Å²) in [6.45, 7) is 2.85. The van der Waals surface area contributed by atoms with Gasteiger partial charge < -0.3 is 5.32 Å². The lowest BCUT2D eigenvalue weighted by molar-refractivity contribution is 0.00429. The Morgan fingerprint density at radius 1 is 1.50 bits per heavy atom. The first-order valence-electron chi connectivity index (χ1n) is 6.63. The standard InChI is InChI=1S/C14H20F2N2/c1-2-17-13(12-5-3-4-8-18-12)9-11-6-7-14(15,16)10-11/h3-5,8,11,13,17H,2,6-7,9-10H2,1H3. The first-order chi connectivity index (χ1) is 8.61. The Morgan fingerprint density at radius 2 is 2.33 bits per heavy atom. The molecule has 18 heavy (non-hydrogen) atoms. The molecule has 0 aromatic carbocycles. The second kappa shape index (κ2) is 5.74. The van der Waals surface area contributed by atoms with Crippen molar-refractivity contribution < 1.29 is 8.78 Å². The van der Waals surface area contributed by atoms with Gasteiger partial charge in [-0.15, -0.1) is 0 Å². The number of halogens is 2. The molecule has 2 nitrogen and oxygen atoms in total. The maximum absolute atomic E-state index is 13.2. The predicted octanol–water partition coefficient (Wildman–Crippen LogP) is 3.56. The Morgan fingerprint density at radius 3 is 2.89 bits per heavy atom. The topological polar surface area (TPSA) is 24.9 Å². The largest absolute Gasteiger partial charge is 0.309 e. The minimum atomic E-state index is -2.45. The van der Waals surface area contributed by atoms with Gasteiger partial charge in [0.1, 0.15) is 0 Å². The van der Waals surface area contributed by atoms with Crippen LogP contribution in [-0.2, 0) is 0 Å². The summed E-state index contributed by atoms with van der Waals surface area (Å²) in [5.74, 6) is -2.35. The number of hydrogen-bond donors (Lipinski definition) is 1. The summed E-state index contributed by atoms with van der Waals surface area (Å²) >= 11 is 0. The second-order valence-corrected chi connectivity index (χ2v) is 5.07. The first kappa shape index (κ1) is 13.4. The van der Waals surface area contributed by atoms with E-state index in [9.17, 15) is 8.78 Å². The van der Waals surface area contributed by atoms with Gasteiger partial charge in [-0.25, -0.2) is 8.78 Å². The molecule has 1 N–H and O–H groups in total. The number of pyridine rings is 1. The average Bonchev–Trinajstić information content (AvgIpc) is 2.69. The Balaban J connectivity index is 1.99. The van der Waals surface area contributed by atoms with E-state index in [1.807, 2.05) is 25.1 Å². The molecular weight excluding hydrogens is 234 g/mol. The van der Waals surface area contributed by atoms with Crippen molar-refractivity contribution in [1.29, 1.82) is 0 Å². The third-order valence-corrected chi connectivity index (χ3v) is 3.57. The molecule has 0 saturated heterocycles. The van der Waals surface area contributed by atoms with Crippen molar-refractivity contribution in [3.05, 3.63) is 30.1 Å². The van der Waals surface area contributed by atoms with Crippen LogP contribution in [0, 0.1) is 5.92 Å². The number of nitrogens with one attached hydrogen (secondary N) is 1. The molecule has 0 radical (unpaired) electrons. The zero-order chi connectivity index (χ0) is 13.0. The van der Waals surface area contributed by atoms with E-state index in [0.29, 0.717) is 6.42 Å². The summed E-state index contributed by atoms with van der Waals surface area (Å²) in [6.07, 6.45) is 3.20. The highest BCUT2D eigenvalue weighted by molar-refractivity contribution is 5.09. The molecule has 0 spiro atoms. The van der Waals surface area contributed by atoms with Crippen LogP contribution in [0.4, 0.5) is 8.78 Å². The van der Waals surface area contributed by atoms with E-state index in [-0.39, 0.29) is 24.8 Å². The van der Waals surface area contributed by atoms with Gasteiger partial charge >= 0.3 is 0 Å². The van der Waals surface area contributed by atoms with Crippen molar-refractivity contribution in [2.45, 2.75) is 44.6 Å². The van der Waals surface area contributed by atoms with Crippen LogP contribution in [0.3, 0.4) is 0 Å². The lowest BCUT2D eigenvalue weighted by atomic mass is 9.96. The fourth-order valence-electron chi connectivity index (χ4n) is 2.71. The fraction of sp³-hybridized carbons (Fsp3) is 0.643. The van der Waals surface area contributed by atoms with Crippen LogP contribution in [0.25, 0.3) is 0 Å². The third kappa shape index (κ3) is 3.48. The number of alkyl halides is 2. The van der Waals surface area contributed by atoms with Crippen LogP contribution in [0.15, 0.2) is 24.4 Å². The molecule has 1 saturated carbocycles. The van der Waals surface area contributed by atoms with Crippen molar-refractivity contribution in [1.82, 2.24) is 10.3 Å². The zero-order valence-electron chi connectivity index (χ0n) is 10.7. The SMILES string of the molecule is CCNC(CC1CCC(F)(F)C1)c1ccccn1. The Kier molecular flexibility index (Phi) is 4.27. The predicted molar refractivity (Wildman–Crippen MR) is 67.6 cm³/mol. The van der Waals surface area contributed by atoms with Gasteiger partial charge in [0.2, 0.25) is 5.92 Å². The van der Waals surface area contributed by atoms with Crippen LogP contribution in [0.2, 0.25) is 0 Å². The molecule has 4 heteroatoms. The van der Waals surface area contributed by atoms with Crippen LogP contribution in [0.1, 0.15) is 44.3 Å². The lowest BCUT2D eigenvalue weighted by Crippen LogP contribution is -2.24. The molecule has 0 amide bonds. The van der Waals surface area contributed by atoms with Gasteiger partial charge in [0.05, 0.1) is 5.69 Å². The Hall–Kier alpha value is -1.03. The molecule has 100 valence electrons. The molecule has 2 rings (SSSR count). The molecule has 1 aromatic rings. The van der Waals surface area contributed by atoms with E-state index in [2.05, 4.69) is 10.3 Å². The molecule has 2 atom stereocenters. The van der Waals surface area contributed by atoms with Gasteiger partial charge in [-0.3, -0.25) is 4.98 Å². The van der Waals surface area contributed by atoms with E-state index in [1.165, 1.54) is 0 Å². The molecule has 1 fully saturated rings. The number of aromatic nitrogens is 1. The van der Waals surface area contributed by atoms with Gasteiger partial charge in [0.15, 0.2) is 0 Å². The fourth-order valence-corrected chi connectivity index (χ4v) is 2.71. The molecule has 0 aliphatic heterocycles. The van der Waals surface area contributed by atoms with Crippen molar-refractivity contribution in [3.63, 3.8) is 0 Å². The molecule has 0 bridgehead atoms. The zero-order valence-corrected chi connectivity index (χ0v) is 10.7. The first-order valence-corrected chi connectivity index (χ1v) is 6.63. The lowest BCUT2D eigenvalue weighted by Gasteiger charge is -2.21. The maximum Gasteiger partial charge on any atom is 0.248 e. The maximum atomic E-state index is 13.2. The van der Waals surface area contributed by atoms with Gasteiger partial charge in [-0.05, 0) is 37.4 Å². The smallest absolute Gasteiger partial charge is 0.248 e. The minimum Gasteiger partial charge on any atom is -0.309 e. The highest BCUT2D eigenvalue weighted by Gasteiger charge is 2.40. The highest BCUT2D eigenvalue weighted by atomic mass is 19.3. The number of nitrogens with zero attached hydrogens (tertiary/aromatic N) is 1. The van der Waals surface area contributed by atoms with E-state index >= 15 is 0 Å². The number of hydrogen-bond acceptors (Lipinski definition) is 2. The van der Waals surface area contributed by atoms with Gasteiger partial charge in [-0.2, -0.15) is 0 Å². The summed E-state index contributed by atoms with van der Waals surface area (Å²) < 4.78 is 26.4.